The van der Waals surface area contributed by atoms with E-state index in [4.69, 9.17) is 0 Å². The lowest BCUT2D eigenvalue weighted by atomic mass is 9.96. The molecule has 2 unspecified atom stereocenters. The summed E-state index contributed by atoms with van der Waals surface area (Å²) < 4.78 is 0. The predicted octanol–water partition coefficient (Wildman–Crippen LogP) is 1.95. The van der Waals surface area contributed by atoms with Gasteiger partial charge in [-0.3, -0.25) is 4.79 Å². The maximum atomic E-state index is 11.6. The third kappa shape index (κ3) is 5.78. The van der Waals surface area contributed by atoms with Crippen LogP contribution in [0.5, 0.6) is 0 Å². The molecule has 0 aromatic heterocycles. The van der Waals surface area contributed by atoms with Crippen molar-refractivity contribution in [3.8, 4) is 0 Å². The Morgan fingerprint density at radius 2 is 1.93 bits per heavy atom. The molecule has 0 aliphatic carbocycles. The Morgan fingerprint density at radius 3 is 2.33 bits per heavy atom. The predicted molar refractivity (Wildman–Crippen MR) is 62.5 cm³/mol. The maximum absolute atomic E-state index is 11.6. The van der Waals surface area contributed by atoms with Crippen LogP contribution < -0.4 is 5.32 Å². The van der Waals surface area contributed by atoms with Crippen LogP contribution in [0.2, 0.25) is 0 Å². The first-order chi connectivity index (χ1) is 6.80. The lowest BCUT2D eigenvalue weighted by Gasteiger charge is -2.24. The highest BCUT2D eigenvalue weighted by molar-refractivity contribution is 5.78. The van der Waals surface area contributed by atoms with E-state index in [2.05, 4.69) is 5.32 Å². The Bertz CT molecular complexity index is 200. The number of amides is 1. The molecule has 15 heavy (non-hydrogen) atoms. The van der Waals surface area contributed by atoms with Gasteiger partial charge in [0, 0.05) is 12.5 Å². The van der Waals surface area contributed by atoms with E-state index < -0.39 is 5.60 Å². The van der Waals surface area contributed by atoms with Crippen LogP contribution in [0, 0.1) is 11.8 Å². The van der Waals surface area contributed by atoms with Crippen molar-refractivity contribution >= 4 is 5.91 Å². The number of carbonyl (C=O) groups excluding carboxylic acids is 1. The van der Waals surface area contributed by atoms with E-state index >= 15 is 0 Å². The third-order valence-corrected chi connectivity index (χ3v) is 2.85. The van der Waals surface area contributed by atoms with Crippen LogP contribution in [-0.4, -0.2) is 23.2 Å². The number of hydrogen-bond donors (Lipinski definition) is 2. The van der Waals surface area contributed by atoms with Gasteiger partial charge >= 0.3 is 0 Å². The van der Waals surface area contributed by atoms with Gasteiger partial charge in [-0.2, -0.15) is 0 Å². The standard InChI is InChI=1S/C12H25NO2/c1-6-7-12(5,15)8-13-11(14)10(4)9(2)3/h9-10,15H,6-8H2,1-5H3,(H,13,14). The van der Waals surface area contributed by atoms with E-state index in [9.17, 15) is 9.90 Å². The van der Waals surface area contributed by atoms with Crippen LogP contribution in [0.15, 0.2) is 0 Å². The zero-order valence-electron chi connectivity index (χ0n) is 10.6. The second-order valence-electron chi connectivity index (χ2n) is 5.00. The van der Waals surface area contributed by atoms with Crippen LogP contribution >= 0.6 is 0 Å². The molecule has 0 aliphatic rings. The molecule has 0 bridgehead atoms. The number of carbonyl (C=O) groups is 1. The quantitative estimate of drug-likeness (QED) is 0.711. The van der Waals surface area contributed by atoms with Crippen molar-refractivity contribution < 1.29 is 9.90 Å². The molecule has 90 valence electrons. The van der Waals surface area contributed by atoms with Crippen LogP contribution in [0.3, 0.4) is 0 Å². The van der Waals surface area contributed by atoms with Crippen molar-refractivity contribution in [1.82, 2.24) is 5.32 Å². The van der Waals surface area contributed by atoms with Gasteiger partial charge in [-0.05, 0) is 19.3 Å². The molecule has 0 aromatic rings. The summed E-state index contributed by atoms with van der Waals surface area (Å²) in [5.41, 5.74) is -0.777. The summed E-state index contributed by atoms with van der Waals surface area (Å²) in [7, 11) is 0. The van der Waals surface area contributed by atoms with Crippen molar-refractivity contribution in [3.63, 3.8) is 0 Å². The monoisotopic (exact) mass is 215 g/mol. The van der Waals surface area contributed by atoms with Crippen molar-refractivity contribution in [2.45, 2.75) is 53.1 Å². The fourth-order valence-electron chi connectivity index (χ4n) is 1.37. The summed E-state index contributed by atoms with van der Waals surface area (Å²) in [6, 6.07) is 0. The fourth-order valence-corrected chi connectivity index (χ4v) is 1.37. The molecule has 0 rings (SSSR count). The highest BCUT2D eigenvalue weighted by Gasteiger charge is 2.22. The van der Waals surface area contributed by atoms with Gasteiger partial charge in [0.1, 0.15) is 0 Å². The molecule has 0 aliphatic heterocycles. The first-order valence-corrected chi connectivity index (χ1v) is 5.80. The summed E-state index contributed by atoms with van der Waals surface area (Å²) in [4.78, 5) is 11.6. The molecule has 3 heteroatoms. The molecule has 0 spiro atoms. The Labute approximate surface area is 93.3 Å². The number of hydrogen-bond acceptors (Lipinski definition) is 2. The highest BCUT2D eigenvalue weighted by Crippen LogP contribution is 2.12. The number of rotatable bonds is 6. The van der Waals surface area contributed by atoms with Crippen molar-refractivity contribution in [1.29, 1.82) is 0 Å². The van der Waals surface area contributed by atoms with Gasteiger partial charge in [-0.25, -0.2) is 0 Å². The van der Waals surface area contributed by atoms with Crippen LogP contribution in [-0.2, 0) is 4.79 Å². The minimum Gasteiger partial charge on any atom is -0.388 e. The number of nitrogens with one attached hydrogen (secondary N) is 1. The smallest absolute Gasteiger partial charge is 0.223 e. The van der Waals surface area contributed by atoms with Gasteiger partial charge in [0.15, 0.2) is 0 Å². The third-order valence-electron chi connectivity index (χ3n) is 2.85. The maximum Gasteiger partial charge on any atom is 0.223 e. The van der Waals surface area contributed by atoms with Crippen molar-refractivity contribution in [3.05, 3.63) is 0 Å². The fraction of sp³-hybridized carbons (Fsp3) is 0.917. The van der Waals surface area contributed by atoms with Crippen molar-refractivity contribution in [2.75, 3.05) is 6.54 Å². The first kappa shape index (κ1) is 14.4. The molecule has 0 saturated heterocycles. The molecule has 0 heterocycles. The highest BCUT2D eigenvalue weighted by atomic mass is 16.3. The molecule has 2 N–H and O–H groups in total. The van der Waals surface area contributed by atoms with Gasteiger partial charge in [0.25, 0.3) is 0 Å². The van der Waals surface area contributed by atoms with Crippen LogP contribution in [0.4, 0.5) is 0 Å². The summed E-state index contributed by atoms with van der Waals surface area (Å²) in [6.07, 6.45) is 1.63. The summed E-state index contributed by atoms with van der Waals surface area (Å²) in [6.45, 7) is 10.1. The lowest BCUT2D eigenvalue weighted by molar-refractivity contribution is -0.126. The molecule has 0 fully saturated rings. The van der Waals surface area contributed by atoms with E-state index in [0.717, 1.165) is 6.42 Å². The molecule has 3 nitrogen and oxygen atoms in total. The van der Waals surface area contributed by atoms with E-state index in [1.165, 1.54) is 0 Å². The van der Waals surface area contributed by atoms with Crippen molar-refractivity contribution in [2.24, 2.45) is 11.8 Å². The van der Waals surface area contributed by atoms with E-state index in [-0.39, 0.29) is 11.8 Å². The summed E-state index contributed by atoms with van der Waals surface area (Å²) in [5.74, 6) is 0.366. The minimum atomic E-state index is -0.777. The van der Waals surface area contributed by atoms with Gasteiger partial charge < -0.3 is 10.4 Å². The SMILES string of the molecule is CCCC(C)(O)CNC(=O)C(C)C(C)C. The van der Waals surface area contributed by atoms with E-state index in [0.29, 0.717) is 18.9 Å². The zero-order valence-corrected chi connectivity index (χ0v) is 10.6. The first-order valence-electron chi connectivity index (χ1n) is 5.80. The topological polar surface area (TPSA) is 49.3 Å². The minimum absolute atomic E-state index is 0.00225. The largest absolute Gasteiger partial charge is 0.388 e. The van der Waals surface area contributed by atoms with Gasteiger partial charge in [0.05, 0.1) is 5.60 Å². The zero-order chi connectivity index (χ0) is 12.1. The van der Waals surface area contributed by atoms with Gasteiger partial charge in [-0.1, -0.05) is 34.1 Å². The second kappa shape index (κ2) is 6.11. The normalized spacial score (nSPS) is 17.3. The molecule has 0 aromatic carbocycles. The second-order valence-corrected chi connectivity index (χ2v) is 5.00. The Kier molecular flexibility index (Phi) is 5.88. The molecule has 1 amide bonds. The molecule has 2 atom stereocenters. The molecular formula is C12H25NO2. The van der Waals surface area contributed by atoms with E-state index in [1.807, 2.05) is 27.7 Å². The Morgan fingerprint density at radius 1 is 1.40 bits per heavy atom. The Hall–Kier alpha value is -0.570. The van der Waals surface area contributed by atoms with E-state index in [1.54, 1.807) is 6.92 Å². The lowest BCUT2D eigenvalue weighted by Crippen LogP contribution is -2.43. The molecular weight excluding hydrogens is 190 g/mol. The molecule has 0 saturated carbocycles. The molecule has 0 radical (unpaired) electrons. The summed E-state index contributed by atoms with van der Waals surface area (Å²) >= 11 is 0. The average molecular weight is 215 g/mol. The summed E-state index contributed by atoms with van der Waals surface area (Å²) in [5, 5.41) is 12.7. The van der Waals surface area contributed by atoms with Crippen LogP contribution in [0.1, 0.15) is 47.5 Å². The van der Waals surface area contributed by atoms with Gasteiger partial charge in [-0.15, -0.1) is 0 Å². The number of aliphatic hydroxyl groups is 1. The Balaban J connectivity index is 4.00. The average Bonchev–Trinajstić information content (AvgIpc) is 2.13. The van der Waals surface area contributed by atoms with Crippen LogP contribution in [0.25, 0.3) is 0 Å². The van der Waals surface area contributed by atoms with Gasteiger partial charge in [0.2, 0.25) is 5.91 Å².